The van der Waals surface area contributed by atoms with Crippen molar-refractivity contribution in [3.63, 3.8) is 0 Å². The van der Waals surface area contributed by atoms with Crippen LogP contribution < -0.4 is 5.32 Å². The molecule has 1 saturated heterocycles. The molecule has 94 valence electrons. The molecule has 0 aliphatic carbocycles. The lowest BCUT2D eigenvalue weighted by molar-refractivity contribution is -0.137. The van der Waals surface area contributed by atoms with E-state index >= 15 is 0 Å². The Labute approximate surface area is 94.5 Å². The number of hydrogen-bond donors (Lipinski definition) is 1. The van der Waals surface area contributed by atoms with Gasteiger partial charge in [0.2, 0.25) is 0 Å². The molecule has 1 unspecified atom stereocenters. The summed E-state index contributed by atoms with van der Waals surface area (Å²) in [6.07, 6.45) is -2.94. The zero-order chi connectivity index (χ0) is 12.2. The summed E-state index contributed by atoms with van der Waals surface area (Å²) in [6.45, 7) is 5.50. The van der Waals surface area contributed by atoms with Gasteiger partial charge in [-0.15, -0.1) is 0 Å². The molecular weight excluding hydrogens is 217 g/mol. The first-order chi connectivity index (χ1) is 7.37. The first kappa shape index (κ1) is 13.5. The molecule has 0 bridgehead atoms. The average molecular weight is 236 g/mol. The second-order valence-corrected chi connectivity index (χ2v) is 4.49. The molecule has 1 aliphatic heterocycles. The number of hydrogen-bond acceptors (Lipinski definition) is 2. The van der Waals surface area contributed by atoms with Crippen LogP contribution in [0.1, 0.15) is 19.3 Å². The quantitative estimate of drug-likeness (QED) is 0.736. The monoisotopic (exact) mass is 236 g/mol. The molecule has 1 heterocycles. The molecule has 5 heteroatoms. The van der Waals surface area contributed by atoms with E-state index < -0.39 is 12.6 Å². The first-order valence-electron chi connectivity index (χ1n) is 5.52. The summed E-state index contributed by atoms with van der Waals surface area (Å²) in [5, 5.41) is 3.29. The normalized spacial score (nSPS) is 22.1. The topological polar surface area (TPSA) is 15.3 Å². The van der Waals surface area contributed by atoms with Crippen LogP contribution in [0.5, 0.6) is 0 Å². The highest BCUT2D eigenvalue weighted by Gasteiger charge is 2.27. The lowest BCUT2D eigenvalue weighted by atomic mass is 10.1. The Morgan fingerprint density at radius 3 is 2.62 bits per heavy atom. The van der Waals surface area contributed by atoms with Gasteiger partial charge in [-0.1, -0.05) is 12.2 Å². The van der Waals surface area contributed by atoms with Crippen LogP contribution in [0.3, 0.4) is 0 Å². The average Bonchev–Trinajstić information content (AvgIpc) is 2.57. The Morgan fingerprint density at radius 2 is 2.12 bits per heavy atom. The maximum absolute atomic E-state index is 12.0. The molecule has 2 nitrogen and oxygen atoms in total. The smallest absolute Gasteiger partial charge is 0.310 e. The van der Waals surface area contributed by atoms with Crippen molar-refractivity contribution in [1.82, 2.24) is 10.2 Å². The molecule has 1 rings (SSSR count). The standard InChI is InChI=1S/C11H19F3N2/c1-9-7-10(15-8-9)3-5-16(2)6-4-11(12,13)14/h10,15H,1,3-8H2,2H3. The zero-order valence-corrected chi connectivity index (χ0v) is 9.61. The van der Waals surface area contributed by atoms with Gasteiger partial charge < -0.3 is 10.2 Å². The number of nitrogens with zero attached hydrogens (tertiary/aromatic N) is 1. The molecule has 0 radical (unpaired) electrons. The zero-order valence-electron chi connectivity index (χ0n) is 9.61. The summed E-state index contributed by atoms with van der Waals surface area (Å²) >= 11 is 0. The minimum atomic E-state index is -4.05. The van der Waals surface area contributed by atoms with Gasteiger partial charge >= 0.3 is 6.18 Å². The largest absolute Gasteiger partial charge is 0.390 e. The molecule has 0 spiro atoms. The van der Waals surface area contributed by atoms with Crippen LogP contribution in [0.4, 0.5) is 13.2 Å². The third-order valence-electron chi connectivity index (χ3n) is 2.81. The summed E-state index contributed by atoms with van der Waals surface area (Å²) in [6, 6.07) is 0.390. The van der Waals surface area contributed by atoms with Crippen LogP contribution in [-0.2, 0) is 0 Å². The molecule has 1 fully saturated rings. The van der Waals surface area contributed by atoms with E-state index in [9.17, 15) is 13.2 Å². The van der Waals surface area contributed by atoms with Crippen LogP contribution >= 0.6 is 0 Å². The van der Waals surface area contributed by atoms with Gasteiger partial charge in [-0.3, -0.25) is 0 Å². The predicted octanol–water partition coefficient (Wildman–Crippen LogP) is 2.18. The summed E-state index contributed by atoms with van der Waals surface area (Å²) in [5.41, 5.74) is 1.18. The minimum absolute atomic E-state index is 0.0805. The van der Waals surface area contributed by atoms with Crippen molar-refractivity contribution in [2.24, 2.45) is 0 Å². The van der Waals surface area contributed by atoms with E-state index in [1.54, 1.807) is 11.9 Å². The van der Waals surface area contributed by atoms with E-state index in [4.69, 9.17) is 0 Å². The third kappa shape index (κ3) is 5.51. The fourth-order valence-corrected chi connectivity index (χ4v) is 1.79. The van der Waals surface area contributed by atoms with Crippen LogP contribution in [0.2, 0.25) is 0 Å². The van der Waals surface area contributed by atoms with Gasteiger partial charge in [0.25, 0.3) is 0 Å². The SMILES string of the molecule is C=C1CNC(CCN(C)CCC(F)(F)F)C1. The molecule has 0 aromatic carbocycles. The van der Waals surface area contributed by atoms with Gasteiger partial charge in [0.05, 0.1) is 6.42 Å². The van der Waals surface area contributed by atoms with Gasteiger partial charge in [-0.25, -0.2) is 0 Å². The predicted molar refractivity (Wildman–Crippen MR) is 58.3 cm³/mol. The highest BCUT2D eigenvalue weighted by molar-refractivity contribution is 5.06. The number of nitrogens with one attached hydrogen (secondary N) is 1. The number of rotatable bonds is 5. The minimum Gasteiger partial charge on any atom is -0.310 e. The van der Waals surface area contributed by atoms with E-state index in [-0.39, 0.29) is 6.54 Å². The summed E-state index contributed by atoms with van der Waals surface area (Å²) in [5.74, 6) is 0. The van der Waals surface area contributed by atoms with E-state index in [2.05, 4.69) is 11.9 Å². The van der Waals surface area contributed by atoms with Crippen molar-refractivity contribution in [2.75, 3.05) is 26.7 Å². The molecule has 16 heavy (non-hydrogen) atoms. The fourth-order valence-electron chi connectivity index (χ4n) is 1.79. The number of halogens is 3. The summed E-state index contributed by atoms with van der Waals surface area (Å²) in [7, 11) is 1.73. The maximum Gasteiger partial charge on any atom is 0.390 e. The fraction of sp³-hybridized carbons (Fsp3) is 0.818. The molecule has 1 N–H and O–H groups in total. The van der Waals surface area contributed by atoms with Crippen LogP contribution in [0, 0.1) is 0 Å². The van der Waals surface area contributed by atoms with Crippen molar-refractivity contribution in [2.45, 2.75) is 31.5 Å². The van der Waals surface area contributed by atoms with Gasteiger partial charge in [0.15, 0.2) is 0 Å². The lowest BCUT2D eigenvalue weighted by Crippen LogP contribution is -2.30. The summed E-state index contributed by atoms with van der Waals surface area (Å²) < 4.78 is 35.9. The molecule has 0 aromatic heterocycles. The van der Waals surface area contributed by atoms with Crippen molar-refractivity contribution < 1.29 is 13.2 Å². The van der Waals surface area contributed by atoms with Crippen molar-refractivity contribution in [3.8, 4) is 0 Å². The molecule has 1 aliphatic rings. The van der Waals surface area contributed by atoms with Crippen LogP contribution in [-0.4, -0.2) is 43.8 Å². The lowest BCUT2D eigenvalue weighted by Gasteiger charge is -2.19. The molecular formula is C11H19F3N2. The Hall–Kier alpha value is -0.550. The van der Waals surface area contributed by atoms with E-state index in [1.807, 2.05) is 0 Å². The van der Waals surface area contributed by atoms with E-state index in [1.165, 1.54) is 5.57 Å². The van der Waals surface area contributed by atoms with Gasteiger partial charge in [-0.05, 0) is 26.4 Å². The second kappa shape index (κ2) is 5.68. The maximum atomic E-state index is 12.0. The Balaban J connectivity index is 2.10. The Kier molecular flexibility index (Phi) is 4.80. The molecule has 0 amide bonds. The first-order valence-corrected chi connectivity index (χ1v) is 5.52. The highest BCUT2D eigenvalue weighted by atomic mass is 19.4. The molecule has 0 saturated carbocycles. The van der Waals surface area contributed by atoms with E-state index in [0.717, 1.165) is 19.4 Å². The number of alkyl halides is 3. The van der Waals surface area contributed by atoms with Gasteiger partial charge in [-0.2, -0.15) is 13.2 Å². The highest BCUT2D eigenvalue weighted by Crippen LogP contribution is 2.19. The Bertz CT molecular complexity index is 238. The van der Waals surface area contributed by atoms with Crippen molar-refractivity contribution in [1.29, 1.82) is 0 Å². The van der Waals surface area contributed by atoms with Crippen molar-refractivity contribution in [3.05, 3.63) is 12.2 Å². The second-order valence-electron chi connectivity index (χ2n) is 4.49. The van der Waals surface area contributed by atoms with Crippen molar-refractivity contribution >= 4 is 0 Å². The summed E-state index contributed by atoms with van der Waals surface area (Å²) in [4.78, 5) is 1.73. The van der Waals surface area contributed by atoms with Crippen LogP contribution in [0.25, 0.3) is 0 Å². The Morgan fingerprint density at radius 1 is 1.44 bits per heavy atom. The third-order valence-corrected chi connectivity index (χ3v) is 2.81. The molecule has 1 atom stereocenters. The van der Waals surface area contributed by atoms with Crippen LogP contribution in [0.15, 0.2) is 12.2 Å². The van der Waals surface area contributed by atoms with Gasteiger partial charge in [0.1, 0.15) is 0 Å². The van der Waals surface area contributed by atoms with Gasteiger partial charge in [0, 0.05) is 19.1 Å². The van der Waals surface area contributed by atoms with E-state index in [0.29, 0.717) is 12.6 Å². The molecule has 0 aromatic rings.